The van der Waals surface area contributed by atoms with E-state index in [1.54, 1.807) is 7.11 Å². The molecule has 1 aliphatic rings. The topological polar surface area (TPSA) is 36.5 Å². The maximum Gasteiger partial charge on any atom is 0.137 e. The lowest BCUT2D eigenvalue weighted by atomic mass is 10.1. The Morgan fingerprint density at radius 2 is 2.11 bits per heavy atom. The number of methoxy groups -OCH3 is 1. The number of nitrogens with zero attached hydrogens (tertiary/aromatic N) is 1. The Hall–Kier alpha value is -0.810. The van der Waals surface area contributed by atoms with Gasteiger partial charge in [-0.25, -0.2) is 0 Å². The number of hydrogen-bond donors (Lipinski definition) is 2. The van der Waals surface area contributed by atoms with Crippen LogP contribution in [0.4, 0.5) is 0 Å². The third-order valence-corrected chi connectivity index (χ3v) is 3.58. The zero-order valence-electron chi connectivity index (χ0n) is 10.9. The molecule has 1 saturated heterocycles. The van der Waals surface area contributed by atoms with Crippen molar-refractivity contribution in [1.29, 1.82) is 0 Å². The van der Waals surface area contributed by atoms with Crippen LogP contribution in [0.5, 0.6) is 5.75 Å². The average molecular weight is 270 g/mol. The SMILES string of the molecule is CNC(c1ccc(OC)c(Cl)c1)N1CCNCC1. The van der Waals surface area contributed by atoms with E-state index in [0.29, 0.717) is 5.02 Å². The highest BCUT2D eigenvalue weighted by atomic mass is 35.5. The van der Waals surface area contributed by atoms with E-state index < -0.39 is 0 Å². The molecule has 1 unspecified atom stereocenters. The molecule has 100 valence electrons. The van der Waals surface area contributed by atoms with Gasteiger partial charge in [-0.3, -0.25) is 4.90 Å². The van der Waals surface area contributed by atoms with Crippen LogP contribution in [0, 0.1) is 0 Å². The summed E-state index contributed by atoms with van der Waals surface area (Å²) < 4.78 is 5.18. The molecule has 1 aliphatic heterocycles. The summed E-state index contributed by atoms with van der Waals surface area (Å²) in [4.78, 5) is 2.41. The van der Waals surface area contributed by atoms with Crippen LogP contribution in [0.25, 0.3) is 0 Å². The molecule has 0 saturated carbocycles. The third kappa shape index (κ3) is 2.95. The molecule has 1 aromatic rings. The molecule has 18 heavy (non-hydrogen) atoms. The van der Waals surface area contributed by atoms with Crippen molar-refractivity contribution in [3.8, 4) is 5.75 Å². The maximum absolute atomic E-state index is 6.19. The molecule has 4 nitrogen and oxygen atoms in total. The lowest BCUT2D eigenvalue weighted by Gasteiger charge is -2.35. The number of rotatable bonds is 4. The molecule has 1 fully saturated rings. The van der Waals surface area contributed by atoms with Crippen molar-refractivity contribution in [2.75, 3.05) is 40.3 Å². The normalized spacial score (nSPS) is 18.6. The smallest absolute Gasteiger partial charge is 0.137 e. The molecule has 1 aromatic carbocycles. The van der Waals surface area contributed by atoms with E-state index in [2.05, 4.69) is 21.6 Å². The molecule has 0 amide bonds. The van der Waals surface area contributed by atoms with E-state index in [0.717, 1.165) is 31.9 Å². The Balaban J connectivity index is 2.18. The van der Waals surface area contributed by atoms with Crippen molar-refractivity contribution < 1.29 is 4.74 Å². The summed E-state index contributed by atoms with van der Waals surface area (Å²) in [5, 5.41) is 7.37. The first-order chi connectivity index (χ1) is 8.76. The van der Waals surface area contributed by atoms with Crippen molar-refractivity contribution >= 4 is 11.6 Å². The Morgan fingerprint density at radius 3 is 2.67 bits per heavy atom. The Bertz CT molecular complexity index is 394. The zero-order valence-corrected chi connectivity index (χ0v) is 11.6. The summed E-state index contributed by atoms with van der Waals surface area (Å²) in [6.45, 7) is 4.13. The van der Waals surface area contributed by atoms with Gasteiger partial charge in [-0.2, -0.15) is 0 Å². The number of piperazine rings is 1. The van der Waals surface area contributed by atoms with Gasteiger partial charge in [0.05, 0.1) is 18.3 Å². The highest BCUT2D eigenvalue weighted by Crippen LogP contribution is 2.28. The summed E-state index contributed by atoms with van der Waals surface area (Å²) in [5.74, 6) is 0.718. The first kappa shape index (κ1) is 13.6. The molecule has 0 aromatic heterocycles. The monoisotopic (exact) mass is 269 g/mol. The van der Waals surface area contributed by atoms with Crippen LogP contribution in [0.15, 0.2) is 18.2 Å². The fourth-order valence-corrected chi connectivity index (χ4v) is 2.62. The number of nitrogens with one attached hydrogen (secondary N) is 2. The van der Waals surface area contributed by atoms with Gasteiger partial charge < -0.3 is 15.4 Å². The predicted octanol–water partition coefficient (Wildman–Crippen LogP) is 1.47. The second-order valence-electron chi connectivity index (χ2n) is 4.37. The lowest BCUT2D eigenvalue weighted by Crippen LogP contribution is -2.48. The van der Waals surface area contributed by atoms with E-state index in [9.17, 15) is 0 Å². The Morgan fingerprint density at radius 1 is 1.39 bits per heavy atom. The zero-order chi connectivity index (χ0) is 13.0. The molecular formula is C13H20ClN3O. The molecule has 0 aliphatic carbocycles. The van der Waals surface area contributed by atoms with E-state index >= 15 is 0 Å². The van der Waals surface area contributed by atoms with E-state index in [4.69, 9.17) is 16.3 Å². The summed E-state index contributed by atoms with van der Waals surface area (Å²) in [6.07, 6.45) is 0.204. The van der Waals surface area contributed by atoms with Gasteiger partial charge in [-0.1, -0.05) is 17.7 Å². The molecule has 1 heterocycles. The van der Waals surface area contributed by atoms with Crippen LogP contribution in [0.3, 0.4) is 0 Å². The molecule has 0 radical (unpaired) electrons. The van der Waals surface area contributed by atoms with Gasteiger partial charge in [-0.15, -0.1) is 0 Å². The minimum atomic E-state index is 0.204. The third-order valence-electron chi connectivity index (χ3n) is 3.28. The standard InChI is InChI=1S/C13H20ClN3O/c1-15-13(17-7-5-16-6-8-17)10-3-4-12(18-2)11(14)9-10/h3-4,9,13,15-16H,5-8H2,1-2H3. The summed E-state index contributed by atoms with van der Waals surface area (Å²) >= 11 is 6.19. The number of benzene rings is 1. The minimum absolute atomic E-state index is 0.204. The van der Waals surface area contributed by atoms with Crippen LogP contribution in [0.1, 0.15) is 11.7 Å². The van der Waals surface area contributed by atoms with Crippen molar-refractivity contribution in [3.63, 3.8) is 0 Å². The molecule has 0 spiro atoms. The number of hydrogen-bond acceptors (Lipinski definition) is 4. The van der Waals surface area contributed by atoms with Gasteiger partial charge in [0.2, 0.25) is 0 Å². The van der Waals surface area contributed by atoms with Crippen molar-refractivity contribution in [2.24, 2.45) is 0 Å². The lowest BCUT2D eigenvalue weighted by molar-refractivity contribution is 0.153. The Labute approximate surface area is 113 Å². The second-order valence-corrected chi connectivity index (χ2v) is 4.78. The quantitative estimate of drug-likeness (QED) is 0.868. The van der Waals surface area contributed by atoms with Crippen LogP contribution < -0.4 is 15.4 Å². The van der Waals surface area contributed by atoms with Crippen molar-refractivity contribution in [1.82, 2.24) is 15.5 Å². The van der Waals surface area contributed by atoms with Crippen molar-refractivity contribution in [3.05, 3.63) is 28.8 Å². The highest BCUT2D eigenvalue weighted by Gasteiger charge is 2.21. The summed E-state index contributed by atoms with van der Waals surface area (Å²) in [5.41, 5.74) is 1.17. The largest absolute Gasteiger partial charge is 0.495 e. The van der Waals surface area contributed by atoms with E-state index in [1.165, 1.54) is 5.56 Å². The van der Waals surface area contributed by atoms with Crippen LogP contribution in [-0.4, -0.2) is 45.2 Å². The van der Waals surface area contributed by atoms with Gasteiger partial charge >= 0.3 is 0 Å². The van der Waals surface area contributed by atoms with Gasteiger partial charge in [0.15, 0.2) is 0 Å². The molecule has 2 N–H and O–H groups in total. The molecule has 2 rings (SSSR count). The Kier molecular flexibility index (Phi) is 4.83. The van der Waals surface area contributed by atoms with Gasteiger partial charge in [0, 0.05) is 26.2 Å². The molecule has 0 bridgehead atoms. The second kappa shape index (κ2) is 6.38. The number of halogens is 1. The molecular weight excluding hydrogens is 250 g/mol. The average Bonchev–Trinajstić information content (AvgIpc) is 2.41. The summed E-state index contributed by atoms with van der Waals surface area (Å²) in [6, 6.07) is 5.96. The van der Waals surface area contributed by atoms with Gasteiger partial charge in [0.1, 0.15) is 5.75 Å². The van der Waals surface area contributed by atoms with Crippen LogP contribution >= 0.6 is 11.6 Å². The highest BCUT2D eigenvalue weighted by molar-refractivity contribution is 6.32. The molecule has 5 heteroatoms. The predicted molar refractivity (Wildman–Crippen MR) is 74.2 cm³/mol. The maximum atomic E-state index is 6.19. The van der Waals surface area contributed by atoms with Crippen molar-refractivity contribution in [2.45, 2.75) is 6.17 Å². The molecule has 1 atom stereocenters. The minimum Gasteiger partial charge on any atom is -0.495 e. The van der Waals surface area contributed by atoms with Crippen LogP contribution in [-0.2, 0) is 0 Å². The van der Waals surface area contributed by atoms with Gasteiger partial charge in [0.25, 0.3) is 0 Å². The van der Waals surface area contributed by atoms with E-state index in [1.807, 2.05) is 19.2 Å². The fourth-order valence-electron chi connectivity index (χ4n) is 2.35. The number of ether oxygens (including phenoxy) is 1. The first-order valence-electron chi connectivity index (χ1n) is 6.21. The first-order valence-corrected chi connectivity index (χ1v) is 6.59. The fraction of sp³-hybridized carbons (Fsp3) is 0.538. The van der Waals surface area contributed by atoms with E-state index in [-0.39, 0.29) is 6.17 Å². The summed E-state index contributed by atoms with van der Waals surface area (Å²) in [7, 11) is 3.61. The van der Waals surface area contributed by atoms with Gasteiger partial charge in [-0.05, 0) is 24.7 Å². The van der Waals surface area contributed by atoms with Crippen LogP contribution in [0.2, 0.25) is 5.02 Å².